The molecular weight excluding hydrogens is 302 g/mol. The Morgan fingerprint density at radius 1 is 1.32 bits per heavy atom. The highest BCUT2D eigenvalue weighted by Gasteiger charge is 2.30. The molecule has 1 N–H and O–H groups in total. The number of carbonyl (C=O) groups excluding carboxylic acids is 1. The van der Waals surface area contributed by atoms with E-state index in [1.165, 1.54) is 0 Å². The molecule has 6 heteroatoms. The van der Waals surface area contributed by atoms with Crippen LogP contribution in [0.1, 0.15) is 31.2 Å². The molecule has 0 spiro atoms. The van der Waals surface area contributed by atoms with Crippen LogP contribution in [0.25, 0.3) is 0 Å². The molecule has 5 nitrogen and oxygen atoms in total. The standard InChI is InChI=1S/C16H23NO4S/c1-21-14-6-4-5-13(11-14)9-10-17-16(18)12-22(19,20)15-7-2-3-8-15/h4-6,11,15H,2-3,7-10,12H2,1H3,(H,17,18). The zero-order chi connectivity index (χ0) is 16.0. The van der Waals surface area contributed by atoms with Gasteiger partial charge < -0.3 is 10.1 Å². The highest BCUT2D eigenvalue weighted by atomic mass is 32.2. The highest BCUT2D eigenvalue weighted by molar-refractivity contribution is 7.92. The molecule has 122 valence electrons. The molecule has 1 aromatic carbocycles. The maximum absolute atomic E-state index is 12.1. The average molecular weight is 325 g/mol. The van der Waals surface area contributed by atoms with Gasteiger partial charge in [-0.3, -0.25) is 4.79 Å². The molecule has 1 saturated carbocycles. The summed E-state index contributed by atoms with van der Waals surface area (Å²) in [6, 6.07) is 7.60. The minimum Gasteiger partial charge on any atom is -0.497 e. The first-order valence-electron chi connectivity index (χ1n) is 7.62. The Balaban J connectivity index is 1.77. The molecule has 0 bridgehead atoms. The van der Waals surface area contributed by atoms with Crippen molar-refractivity contribution in [2.75, 3.05) is 19.4 Å². The molecule has 1 aliphatic carbocycles. The van der Waals surface area contributed by atoms with Crippen molar-refractivity contribution in [3.8, 4) is 5.75 Å². The van der Waals surface area contributed by atoms with Gasteiger partial charge in [-0.1, -0.05) is 25.0 Å². The van der Waals surface area contributed by atoms with Gasteiger partial charge in [-0.2, -0.15) is 0 Å². The summed E-state index contributed by atoms with van der Waals surface area (Å²) in [5.74, 6) is -0.0297. The molecule has 0 atom stereocenters. The third-order valence-corrected chi connectivity index (χ3v) is 6.16. The minimum absolute atomic E-state index is 0.323. The predicted molar refractivity (Wildman–Crippen MR) is 85.8 cm³/mol. The number of sulfone groups is 1. The van der Waals surface area contributed by atoms with Crippen LogP contribution in [-0.4, -0.2) is 39.0 Å². The lowest BCUT2D eigenvalue weighted by atomic mass is 10.1. The van der Waals surface area contributed by atoms with Crippen molar-refractivity contribution in [1.82, 2.24) is 5.32 Å². The zero-order valence-corrected chi connectivity index (χ0v) is 13.7. The van der Waals surface area contributed by atoms with Crippen molar-refractivity contribution in [3.63, 3.8) is 0 Å². The van der Waals surface area contributed by atoms with Crippen LogP contribution < -0.4 is 10.1 Å². The highest BCUT2D eigenvalue weighted by Crippen LogP contribution is 2.25. The van der Waals surface area contributed by atoms with Gasteiger partial charge in [0.05, 0.1) is 12.4 Å². The summed E-state index contributed by atoms with van der Waals surface area (Å²) in [6.45, 7) is 0.423. The topological polar surface area (TPSA) is 72.5 Å². The number of hydrogen-bond donors (Lipinski definition) is 1. The van der Waals surface area contributed by atoms with E-state index < -0.39 is 21.5 Å². The molecule has 0 saturated heterocycles. The number of carbonyl (C=O) groups is 1. The summed E-state index contributed by atoms with van der Waals surface area (Å²) in [5, 5.41) is 2.37. The van der Waals surface area contributed by atoms with E-state index in [2.05, 4.69) is 5.32 Å². The number of hydrogen-bond acceptors (Lipinski definition) is 4. The summed E-state index contributed by atoms with van der Waals surface area (Å²) in [7, 11) is -1.69. The normalized spacial score (nSPS) is 15.7. The van der Waals surface area contributed by atoms with Crippen molar-refractivity contribution in [3.05, 3.63) is 29.8 Å². The second kappa shape index (κ2) is 7.63. The van der Waals surface area contributed by atoms with Crippen LogP contribution in [0, 0.1) is 0 Å². The third-order valence-electron chi connectivity index (χ3n) is 4.01. The van der Waals surface area contributed by atoms with Crippen LogP contribution in [0.15, 0.2) is 24.3 Å². The maximum Gasteiger partial charge on any atom is 0.235 e. The molecule has 0 radical (unpaired) electrons. The molecule has 0 aliphatic heterocycles. The molecular formula is C16H23NO4S. The fourth-order valence-electron chi connectivity index (χ4n) is 2.77. The number of benzene rings is 1. The molecule has 0 unspecified atom stereocenters. The summed E-state index contributed by atoms with van der Waals surface area (Å²) in [4.78, 5) is 11.8. The van der Waals surface area contributed by atoms with Crippen molar-refractivity contribution in [2.24, 2.45) is 0 Å². The van der Waals surface area contributed by atoms with Crippen molar-refractivity contribution < 1.29 is 17.9 Å². The largest absolute Gasteiger partial charge is 0.497 e. The lowest BCUT2D eigenvalue weighted by Gasteiger charge is -2.11. The van der Waals surface area contributed by atoms with Gasteiger partial charge in [0.15, 0.2) is 9.84 Å². The summed E-state index contributed by atoms with van der Waals surface area (Å²) >= 11 is 0. The summed E-state index contributed by atoms with van der Waals surface area (Å²) in [5.41, 5.74) is 1.04. The Labute approximate surface area is 132 Å². The quantitative estimate of drug-likeness (QED) is 0.828. The first-order chi connectivity index (χ1) is 10.5. The molecule has 22 heavy (non-hydrogen) atoms. The van der Waals surface area contributed by atoms with Gasteiger partial charge in [-0.05, 0) is 37.0 Å². The van der Waals surface area contributed by atoms with Gasteiger partial charge in [-0.25, -0.2) is 8.42 Å². The smallest absolute Gasteiger partial charge is 0.235 e. The fourth-order valence-corrected chi connectivity index (χ4v) is 4.53. The zero-order valence-electron chi connectivity index (χ0n) is 12.9. The third kappa shape index (κ3) is 4.73. The van der Waals surface area contributed by atoms with E-state index in [1.807, 2.05) is 24.3 Å². The van der Waals surface area contributed by atoms with E-state index in [9.17, 15) is 13.2 Å². The number of ether oxygens (including phenoxy) is 1. The van der Waals surface area contributed by atoms with E-state index in [0.29, 0.717) is 25.8 Å². The SMILES string of the molecule is COc1cccc(CCNC(=O)CS(=O)(=O)C2CCCC2)c1. The Hall–Kier alpha value is -1.56. The van der Waals surface area contributed by atoms with Gasteiger partial charge in [0.1, 0.15) is 11.5 Å². The van der Waals surface area contributed by atoms with Crippen molar-refractivity contribution in [2.45, 2.75) is 37.4 Å². The molecule has 1 fully saturated rings. The summed E-state index contributed by atoms with van der Waals surface area (Å²) in [6.07, 6.45) is 3.92. The Morgan fingerprint density at radius 2 is 2.05 bits per heavy atom. The lowest BCUT2D eigenvalue weighted by Crippen LogP contribution is -2.35. The number of amides is 1. The van der Waals surface area contributed by atoms with Crippen molar-refractivity contribution in [1.29, 1.82) is 0 Å². The van der Waals surface area contributed by atoms with E-state index in [-0.39, 0.29) is 5.25 Å². The van der Waals surface area contributed by atoms with Crippen LogP contribution in [0.2, 0.25) is 0 Å². The van der Waals surface area contributed by atoms with Gasteiger partial charge in [0.2, 0.25) is 5.91 Å². The molecule has 2 rings (SSSR count). The molecule has 1 aliphatic rings. The lowest BCUT2D eigenvalue weighted by molar-refractivity contribution is -0.118. The molecule has 1 aromatic rings. The predicted octanol–water partition coefficient (Wildman–Crippen LogP) is 1.71. The van der Waals surface area contributed by atoms with Crippen molar-refractivity contribution >= 4 is 15.7 Å². The number of nitrogens with one attached hydrogen (secondary N) is 1. The van der Waals surface area contributed by atoms with Crippen LogP contribution in [-0.2, 0) is 21.1 Å². The molecule has 0 heterocycles. The van der Waals surface area contributed by atoms with E-state index >= 15 is 0 Å². The fraction of sp³-hybridized carbons (Fsp3) is 0.562. The van der Waals surface area contributed by atoms with E-state index in [1.54, 1.807) is 7.11 Å². The van der Waals surface area contributed by atoms with Crippen LogP contribution in [0.4, 0.5) is 0 Å². The second-order valence-electron chi connectivity index (χ2n) is 5.67. The first kappa shape index (κ1) is 16.8. The average Bonchev–Trinajstić information content (AvgIpc) is 3.02. The summed E-state index contributed by atoms with van der Waals surface area (Å²) < 4.78 is 29.3. The number of methoxy groups -OCH3 is 1. The van der Waals surface area contributed by atoms with Crippen LogP contribution in [0.5, 0.6) is 5.75 Å². The molecule has 1 amide bonds. The minimum atomic E-state index is -3.30. The van der Waals surface area contributed by atoms with E-state index in [0.717, 1.165) is 24.2 Å². The Bertz CT molecular complexity index is 606. The van der Waals surface area contributed by atoms with Crippen LogP contribution >= 0.6 is 0 Å². The number of rotatable bonds is 7. The monoisotopic (exact) mass is 325 g/mol. The Morgan fingerprint density at radius 3 is 2.73 bits per heavy atom. The Kier molecular flexibility index (Phi) is 5.83. The van der Waals surface area contributed by atoms with Gasteiger partial charge in [-0.15, -0.1) is 0 Å². The second-order valence-corrected chi connectivity index (χ2v) is 7.95. The van der Waals surface area contributed by atoms with Gasteiger partial charge >= 0.3 is 0 Å². The first-order valence-corrected chi connectivity index (χ1v) is 9.34. The molecule has 0 aromatic heterocycles. The van der Waals surface area contributed by atoms with E-state index in [4.69, 9.17) is 4.74 Å². The van der Waals surface area contributed by atoms with Gasteiger partial charge in [0, 0.05) is 6.54 Å². The van der Waals surface area contributed by atoms with Crippen LogP contribution in [0.3, 0.4) is 0 Å². The van der Waals surface area contributed by atoms with Gasteiger partial charge in [0.25, 0.3) is 0 Å². The maximum atomic E-state index is 12.1.